The SMILES string of the molecule is C1=CCC2=C(C1)CCOC2. The number of hydrogen-bond donors (Lipinski definition) is 0. The number of ether oxygens (including phenoxy) is 1. The van der Waals surface area contributed by atoms with Crippen molar-refractivity contribution in [2.24, 2.45) is 0 Å². The highest BCUT2D eigenvalue weighted by Gasteiger charge is 2.12. The maximum atomic E-state index is 5.35. The van der Waals surface area contributed by atoms with Gasteiger partial charge in [0.05, 0.1) is 13.2 Å². The average molecular weight is 136 g/mol. The Hall–Kier alpha value is -0.560. The molecule has 0 saturated carbocycles. The Kier molecular flexibility index (Phi) is 1.60. The minimum absolute atomic E-state index is 0.889. The highest BCUT2D eigenvalue weighted by Crippen LogP contribution is 2.25. The van der Waals surface area contributed by atoms with Gasteiger partial charge in [0.1, 0.15) is 0 Å². The summed E-state index contributed by atoms with van der Waals surface area (Å²) in [6.07, 6.45) is 7.99. The van der Waals surface area contributed by atoms with Crippen LogP contribution in [0.3, 0.4) is 0 Å². The van der Waals surface area contributed by atoms with Crippen LogP contribution in [0.25, 0.3) is 0 Å². The van der Waals surface area contributed by atoms with Gasteiger partial charge in [0, 0.05) is 0 Å². The normalized spacial score (nSPS) is 24.8. The number of hydrogen-bond acceptors (Lipinski definition) is 1. The van der Waals surface area contributed by atoms with E-state index in [-0.39, 0.29) is 0 Å². The lowest BCUT2D eigenvalue weighted by molar-refractivity contribution is 0.144. The predicted octanol–water partition coefficient (Wildman–Crippen LogP) is 2.05. The molecule has 2 rings (SSSR count). The summed E-state index contributed by atoms with van der Waals surface area (Å²) in [7, 11) is 0. The molecule has 1 heterocycles. The van der Waals surface area contributed by atoms with Crippen LogP contribution in [0.15, 0.2) is 23.3 Å². The van der Waals surface area contributed by atoms with Gasteiger partial charge < -0.3 is 4.74 Å². The lowest BCUT2D eigenvalue weighted by Gasteiger charge is -2.21. The summed E-state index contributed by atoms with van der Waals surface area (Å²) in [5, 5.41) is 0. The third-order valence-corrected chi connectivity index (χ3v) is 2.22. The van der Waals surface area contributed by atoms with E-state index in [9.17, 15) is 0 Å². The van der Waals surface area contributed by atoms with Gasteiger partial charge in [-0.1, -0.05) is 17.7 Å². The fraction of sp³-hybridized carbons (Fsp3) is 0.556. The van der Waals surface area contributed by atoms with E-state index in [4.69, 9.17) is 4.74 Å². The van der Waals surface area contributed by atoms with E-state index in [0.717, 1.165) is 19.6 Å². The highest BCUT2D eigenvalue weighted by molar-refractivity contribution is 5.25. The van der Waals surface area contributed by atoms with E-state index in [1.54, 1.807) is 5.57 Å². The van der Waals surface area contributed by atoms with Crippen molar-refractivity contribution < 1.29 is 4.74 Å². The average Bonchev–Trinajstić information content (AvgIpc) is 2.05. The Morgan fingerprint density at radius 1 is 1.10 bits per heavy atom. The number of rotatable bonds is 0. The quantitative estimate of drug-likeness (QED) is 0.463. The largest absolute Gasteiger partial charge is 0.377 e. The third kappa shape index (κ3) is 1.01. The standard InChI is InChI=1S/C9H12O/c1-2-4-9-7-10-6-5-8(9)3-1/h1-2H,3-7H2. The maximum absolute atomic E-state index is 5.35. The molecule has 0 saturated heterocycles. The van der Waals surface area contributed by atoms with Crippen molar-refractivity contribution in [2.45, 2.75) is 19.3 Å². The summed E-state index contributed by atoms with van der Waals surface area (Å²) in [6.45, 7) is 1.83. The molecule has 0 aromatic rings. The first-order valence-corrected chi connectivity index (χ1v) is 3.89. The van der Waals surface area contributed by atoms with E-state index < -0.39 is 0 Å². The Bertz CT molecular complexity index is 169. The Balaban J connectivity index is 2.17. The summed E-state index contributed by atoms with van der Waals surface area (Å²) in [5.74, 6) is 0. The second-order valence-electron chi connectivity index (χ2n) is 2.89. The van der Waals surface area contributed by atoms with E-state index in [1.165, 1.54) is 18.4 Å². The van der Waals surface area contributed by atoms with Crippen LogP contribution in [-0.2, 0) is 4.74 Å². The van der Waals surface area contributed by atoms with Gasteiger partial charge in [-0.25, -0.2) is 0 Å². The third-order valence-electron chi connectivity index (χ3n) is 2.22. The van der Waals surface area contributed by atoms with Crippen molar-refractivity contribution in [3.63, 3.8) is 0 Å². The molecule has 0 unspecified atom stereocenters. The van der Waals surface area contributed by atoms with Crippen LogP contribution in [0, 0.1) is 0 Å². The van der Waals surface area contributed by atoms with Crippen molar-refractivity contribution in [2.75, 3.05) is 13.2 Å². The van der Waals surface area contributed by atoms with Gasteiger partial charge in [0.2, 0.25) is 0 Å². The van der Waals surface area contributed by atoms with Gasteiger partial charge in [-0.2, -0.15) is 0 Å². The summed E-state index contributed by atoms with van der Waals surface area (Å²) in [6, 6.07) is 0. The first-order valence-electron chi connectivity index (χ1n) is 3.89. The van der Waals surface area contributed by atoms with E-state index in [0.29, 0.717) is 0 Å². The molecule has 0 spiro atoms. The second-order valence-corrected chi connectivity index (χ2v) is 2.89. The van der Waals surface area contributed by atoms with Gasteiger partial charge in [-0.05, 0) is 24.8 Å². The molecule has 0 radical (unpaired) electrons. The summed E-state index contributed by atoms with van der Waals surface area (Å²) in [4.78, 5) is 0. The van der Waals surface area contributed by atoms with Crippen molar-refractivity contribution in [3.8, 4) is 0 Å². The summed E-state index contributed by atoms with van der Waals surface area (Å²) < 4.78 is 5.35. The molecule has 1 aliphatic carbocycles. The van der Waals surface area contributed by atoms with Crippen LogP contribution in [-0.4, -0.2) is 13.2 Å². The lowest BCUT2D eigenvalue weighted by atomic mass is 9.94. The minimum atomic E-state index is 0.889. The maximum Gasteiger partial charge on any atom is 0.0682 e. The van der Waals surface area contributed by atoms with Crippen LogP contribution >= 0.6 is 0 Å². The zero-order valence-corrected chi connectivity index (χ0v) is 6.10. The Morgan fingerprint density at radius 3 is 2.70 bits per heavy atom. The second kappa shape index (κ2) is 2.59. The summed E-state index contributed by atoms with van der Waals surface area (Å²) in [5.41, 5.74) is 3.17. The molecular formula is C9H12O. The summed E-state index contributed by atoms with van der Waals surface area (Å²) >= 11 is 0. The molecule has 0 aromatic heterocycles. The smallest absolute Gasteiger partial charge is 0.0682 e. The van der Waals surface area contributed by atoms with Crippen molar-refractivity contribution >= 4 is 0 Å². The van der Waals surface area contributed by atoms with Crippen molar-refractivity contribution in [1.29, 1.82) is 0 Å². The first kappa shape index (κ1) is 6.17. The molecule has 0 bridgehead atoms. The van der Waals surface area contributed by atoms with E-state index in [1.807, 2.05) is 0 Å². The van der Waals surface area contributed by atoms with E-state index >= 15 is 0 Å². The van der Waals surface area contributed by atoms with Crippen LogP contribution in [0.2, 0.25) is 0 Å². The zero-order valence-electron chi connectivity index (χ0n) is 6.10. The monoisotopic (exact) mass is 136 g/mol. The Morgan fingerprint density at radius 2 is 1.90 bits per heavy atom. The fourth-order valence-electron chi connectivity index (χ4n) is 1.57. The lowest BCUT2D eigenvalue weighted by Crippen LogP contribution is -2.12. The van der Waals surface area contributed by atoms with Crippen LogP contribution in [0.4, 0.5) is 0 Å². The predicted molar refractivity (Wildman–Crippen MR) is 40.8 cm³/mol. The van der Waals surface area contributed by atoms with Gasteiger partial charge in [0.25, 0.3) is 0 Å². The van der Waals surface area contributed by atoms with Gasteiger partial charge in [-0.3, -0.25) is 0 Å². The van der Waals surface area contributed by atoms with Crippen molar-refractivity contribution in [1.82, 2.24) is 0 Å². The zero-order chi connectivity index (χ0) is 6.81. The topological polar surface area (TPSA) is 9.23 Å². The highest BCUT2D eigenvalue weighted by atomic mass is 16.5. The first-order chi connectivity index (χ1) is 4.97. The molecule has 0 fully saturated rings. The van der Waals surface area contributed by atoms with Crippen LogP contribution in [0.1, 0.15) is 19.3 Å². The molecule has 0 N–H and O–H groups in total. The molecule has 2 aliphatic rings. The van der Waals surface area contributed by atoms with Gasteiger partial charge in [0.15, 0.2) is 0 Å². The van der Waals surface area contributed by atoms with Crippen molar-refractivity contribution in [3.05, 3.63) is 23.3 Å². The van der Waals surface area contributed by atoms with Gasteiger partial charge in [-0.15, -0.1) is 0 Å². The minimum Gasteiger partial charge on any atom is -0.377 e. The molecule has 1 nitrogen and oxygen atoms in total. The Labute approximate surface area is 61.4 Å². The molecular weight excluding hydrogens is 124 g/mol. The van der Waals surface area contributed by atoms with Crippen LogP contribution < -0.4 is 0 Å². The van der Waals surface area contributed by atoms with E-state index in [2.05, 4.69) is 12.2 Å². The number of allylic oxidation sites excluding steroid dienone is 2. The molecule has 0 amide bonds. The molecule has 1 aliphatic heterocycles. The molecule has 54 valence electrons. The molecule has 1 heteroatoms. The van der Waals surface area contributed by atoms with Gasteiger partial charge >= 0.3 is 0 Å². The molecule has 10 heavy (non-hydrogen) atoms. The fourth-order valence-corrected chi connectivity index (χ4v) is 1.57. The molecule has 0 atom stereocenters. The molecule has 0 aromatic carbocycles. The van der Waals surface area contributed by atoms with Crippen LogP contribution in [0.5, 0.6) is 0 Å².